The highest BCUT2D eigenvalue weighted by atomic mass is 19.1. The van der Waals surface area contributed by atoms with E-state index in [-0.39, 0.29) is 0 Å². The third-order valence-corrected chi connectivity index (χ3v) is 1.91. The van der Waals surface area contributed by atoms with Crippen LogP contribution in [-0.2, 0) is 9.47 Å². The SMILES string of the molecule is CC[C@H]1OC(OC)[C@H](F)[C@H]1O. The van der Waals surface area contributed by atoms with Gasteiger partial charge in [0.15, 0.2) is 12.5 Å². The molecule has 1 rings (SSSR count). The Bertz CT molecular complexity index is 113. The van der Waals surface area contributed by atoms with Crippen molar-refractivity contribution in [3.8, 4) is 0 Å². The standard InChI is InChI=1S/C7H13FO3/c1-3-4-6(9)5(8)7(10-2)11-4/h4-7,9H,3H2,1-2H3/t4-,5-,6+,7?/m1/s1. The quantitative estimate of drug-likeness (QED) is 0.644. The number of aliphatic hydroxyl groups is 1. The van der Waals surface area contributed by atoms with Crippen molar-refractivity contribution in [2.24, 2.45) is 0 Å². The first-order valence-electron chi connectivity index (χ1n) is 3.71. The van der Waals surface area contributed by atoms with Gasteiger partial charge in [-0.2, -0.15) is 0 Å². The van der Waals surface area contributed by atoms with Crippen molar-refractivity contribution in [3.63, 3.8) is 0 Å². The predicted molar refractivity (Wildman–Crippen MR) is 36.9 cm³/mol. The predicted octanol–water partition coefficient (Wildman–Crippen LogP) is 0.467. The van der Waals surface area contributed by atoms with Crippen molar-refractivity contribution in [3.05, 3.63) is 0 Å². The molecule has 0 aromatic carbocycles. The van der Waals surface area contributed by atoms with Crippen LogP contribution in [0.25, 0.3) is 0 Å². The van der Waals surface area contributed by atoms with Gasteiger partial charge in [-0.1, -0.05) is 6.92 Å². The summed E-state index contributed by atoms with van der Waals surface area (Å²) in [5.41, 5.74) is 0. The minimum absolute atomic E-state index is 0.421. The van der Waals surface area contributed by atoms with Gasteiger partial charge in [0.2, 0.25) is 0 Å². The average Bonchev–Trinajstić information content (AvgIpc) is 2.30. The molecular weight excluding hydrogens is 151 g/mol. The molecule has 0 aromatic heterocycles. The Kier molecular flexibility index (Phi) is 2.81. The van der Waals surface area contributed by atoms with E-state index in [1.54, 1.807) is 0 Å². The first kappa shape index (κ1) is 8.90. The molecule has 66 valence electrons. The van der Waals surface area contributed by atoms with E-state index in [1.807, 2.05) is 6.92 Å². The van der Waals surface area contributed by atoms with Crippen LogP contribution in [0.5, 0.6) is 0 Å². The second-order valence-corrected chi connectivity index (χ2v) is 2.62. The zero-order valence-electron chi connectivity index (χ0n) is 6.66. The highest BCUT2D eigenvalue weighted by Gasteiger charge is 2.43. The molecular formula is C7H13FO3. The molecule has 0 spiro atoms. The van der Waals surface area contributed by atoms with E-state index in [1.165, 1.54) is 7.11 Å². The molecule has 1 heterocycles. The largest absolute Gasteiger partial charge is 0.387 e. The summed E-state index contributed by atoms with van der Waals surface area (Å²) >= 11 is 0. The van der Waals surface area contributed by atoms with Crippen molar-refractivity contribution in [2.75, 3.05) is 7.11 Å². The molecule has 4 heteroatoms. The monoisotopic (exact) mass is 164 g/mol. The maximum absolute atomic E-state index is 12.9. The normalized spacial score (nSPS) is 44.7. The summed E-state index contributed by atoms with van der Waals surface area (Å²) < 4.78 is 22.6. The Morgan fingerprint density at radius 3 is 2.55 bits per heavy atom. The number of hydrogen-bond donors (Lipinski definition) is 1. The van der Waals surface area contributed by atoms with Crippen LogP contribution in [0.2, 0.25) is 0 Å². The Hall–Kier alpha value is -0.190. The zero-order valence-corrected chi connectivity index (χ0v) is 6.66. The van der Waals surface area contributed by atoms with Crippen molar-refractivity contribution < 1.29 is 19.0 Å². The van der Waals surface area contributed by atoms with E-state index in [9.17, 15) is 9.50 Å². The van der Waals surface area contributed by atoms with Crippen molar-refractivity contribution in [1.82, 2.24) is 0 Å². The summed E-state index contributed by atoms with van der Waals surface area (Å²) in [6.45, 7) is 1.83. The molecule has 0 saturated carbocycles. The minimum atomic E-state index is -1.41. The fourth-order valence-electron chi connectivity index (χ4n) is 1.22. The van der Waals surface area contributed by atoms with Gasteiger partial charge in [-0.3, -0.25) is 0 Å². The molecule has 0 bridgehead atoms. The topological polar surface area (TPSA) is 38.7 Å². The number of hydrogen-bond acceptors (Lipinski definition) is 3. The highest BCUT2D eigenvalue weighted by Crippen LogP contribution is 2.25. The smallest absolute Gasteiger partial charge is 0.191 e. The Balaban J connectivity index is 2.53. The van der Waals surface area contributed by atoms with Gasteiger partial charge in [0.25, 0.3) is 0 Å². The molecule has 0 aliphatic carbocycles. The van der Waals surface area contributed by atoms with Crippen LogP contribution in [0.3, 0.4) is 0 Å². The van der Waals surface area contributed by atoms with Crippen LogP contribution in [0.15, 0.2) is 0 Å². The molecule has 1 saturated heterocycles. The van der Waals surface area contributed by atoms with Gasteiger partial charge in [-0.05, 0) is 6.42 Å². The molecule has 0 aromatic rings. The van der Waals surface area contributed by atoms with Gasteiger partial charge in [0.1, 0.15) is 6.10 Å². The van der Waals surface area contributed by atoms with Crippen LogP contribution in [0.1, 0.15) is 13.3 Å². The molecule has 1 N–H and O–H groups in total. The number of aliphatic hydroxyl groups excluding tert-OH is 1. The molecule has 1 aliphatic rings. The van der Waals surface area contributed by atoms with E-state index in [4.69, 9.17) is 4.74 Å². The number of methoxy groups -OCH3 is 1. The average molecular weight is 164 g/mol. The Morgan fingerprint density at radius 2 is 2.27 bits per heavy atom. The van der Waals surface area contributed by atoms with E-state index < -0.39 is 24.7 Å². The second kappa shape index (κ2) is 3.47. The number of alkyl halides is 1. The van der Waals surface area contributed by atoms with Gasteiger partial charge in [0, 0.05) is 7.11 Å². The van der Waals surface area contributed by atoms with Crippen LogP contribution in [-0.4, -0.2) is 36.9 Å². The molecule has 1 unspecified atom stereocenters. The fraction of sp³-hybridized carbons (Fsp3) is 1.00. The lowest BCUT2D eigenvalue weighted by Gasteiger charge is -2.09. The van der Waals surface area contributed by atoms with Gasteiger partial charge in [-0.15, -0.1) is 0 Å². The van der Waals surface area contributed by atoms with Gasteiger partial charge < -0.3 is 14.6 Å². The van der Waals surface area contributed by atoms with Crippen molar-refractivity contribution in [1.29, 1.82) is 0 Å². The number of rotatable bonds is 2. The van der Waals surface area contributed by atoms with Gasteiger partial charge in [0.05, 0.1) is 6.10 Å². The third kappa shape index (κ3) is 1.52. The van der Waals surface area contributed by atoms with Gasteiger partial charge >= 0.3 is 0 Å². The van der Waals surface area contributed by atoms with Gasteiger partial charge in [-0.25, -0.2) is 4.39 Å². The maximum Gasteiger partial charge on any atom is 0.191 e. The molecule has 4 atom stereocenters. The Labute approximate surface area is 65.1 Å². The Morgan fingerprint density at radius 1 is 1.64 bits per heavy atom. The van der Waals surface area contributed by atoms with Crippen molar-refractivity contribution >= 4 is 0 Å². The minimum Gasteiger partial charge on any atom is -0.387 e. The summed E-state index contributed by atoms with van der Waals surface area (Å²) in [4.78, 5) is 0. The van der Waals surface area contributed by atoms with Crippen molar-refractivity contribution in [2.45, 2.75) is 38.0 Å². The van der Waals surface area contributed by atoms with E-state index in [2.05, 4.69) is 4.74 Å². The van der Waals surface area contributed by atoms with Crippen LogP contribution in [0, 0.1) is 0 Å². The lowest BCUT2D eigenvalue weighted by atomic mass is 10.1. The molecule has 1 aliphatic heterocycles. The molecule has 0 radical (unpaired) electrons. The van der Waals surface area contributed by atoms with E-state index >= 15 is 0 Å². The first-order valence-corrected chi connectivity index (χ1v) is 3.71. The van der Waals surface area contributed by atoms with Crippen LogP contribution >= 0.6 is 0 Å². The number of ether oxygens (including phenoxy) is 2. The van der Waals surface area contributed by atoms with E-state index in [0.29, 0.717) is 6.42 Å². The van der Waals surface area contributed by atoms with E-state index in [0.717, 1.165) is 0 Å². The maximum atomic E-state index is 12.9. The molecule has 0 amide bonds. The number of halogens is 1. The highest BCUT2D eigenvalue weighted by molar-refractivity contribution is 4.85. The second-order valence-electron chi connectivity index (χ2n) is 2.62. The summed E-state index contributed by atoms with van der Waals surface area (Å²) in [5, 5.41) is 9.18. The summed E-state index contributed by atoms with van der Waals surface area (Å²) in [5.74, 6) is 0. The molecule has 3 nitrogen and oxygen atoms in total. The fourth-order valence-corrected chi connectivity index (χ4v) is 1.22. The summed E-state index contributed by atoms with van der Waals surface area (Å²) in [6, 6.07) is 0. The zero-order chi connectivity index (χ0) is 8.43. The lowest BCUT2D eigenvalue weighted by molar-refractivity contribution is -0.135. The first-order chi connectivity index (χ1) is 5.20. The third-order valence-electron chi connectivity index (χ3n) is 1.91. The summed E-state index contributed by atoms with van der Waals surface area (Å²) in [6.07, 6.45) is -3.17. The van der Waals surface area contributed by atoms with Crippen LogP contribution in [0.4, 0.5) is 4.39 Å². The van der Waals surface area contributed by atoms with Crippen LogP contribution < -0.4 is 0 Å². The lowest BCUT2D eigenvalue weighted by Crippen LogP contribution is -2.29. The summed E-state index contributed by atoms with van der Waals surface area (Å²) in [7, 11) is 1.36. The molecule has 1 fully saturated rings. The molecule has 11 heavy (non-hydrogen) atoms.